The third-order valence-corrected chi connectivity index (χ3v) is 5.66. The summed E-state index contributed by atoms with van der Waals surface area (Å²) in [7, 11) is 1.38. The van der Waals surface area contributed by atoms with Gasteiger partial charge in [0.1, 0.15) is 6.04 Å². The van der Waals surface area contributed by atoms with Crippen LogP contribution in [0.25, 0.3) is 0 Å². The van der Waals surface area contributed by atoms with Crippen LogP contribution in [0.2, 0.25) is 0 Å². The number of carbonyl (C=O) groups is 1. The van der Waals surface area contributed by atoms with Crippen molar-refractivity contribution in [3.8, 4) is 0 Å². The van der Waals surface area contributed by atoms with Crippen molar-refractivity contribution in [1.82, 2.24) is 5.32 Å². The number of methoxy groups -OCH3 is 1. The smallest absolute Gasteiger partial charge is 0.381 e. The zero-order valence-electron chi connectivity index (χ0n) is 14.3. The Morgan fingerprint density at radius 1 is 1.07 bits per heavy atom. The molecule has 2 fully saturated rings. The van der Waals surface area contributed by atoms with Gasteiger partial charge >= 0.3 is 12.4 Å². The van der Waals surface area contributed by atoms with Crippen LogP contribution in [0.4, 0.5) is 26.3 Å². The average molecular weight is 395 g/mol. The normalized spacial score (nSPS) is 34.3. The second-order valence-corrected chi connectivity index (χ2v) is 7.11. The second-order valence-electron chi connectivity index (χ2n) is 7.11. The second kappa shape index (κ2) is 7.09. The van der Waals surface area contributed by atoms with Crippen LogP contribution >= 0.6 is 0 Å². The first-order valence-electron chi connectivity index (χ1n) is 8.55. The van der Waals surface area contributed by atoms with Crippen LogP contribution in [-0.4, -0.2) is 43.4 Å². The minimum absolute atomic E-state index is 0.0488. The fourth-order valence-corrected chi connectivity index (χ4v) is 4.51. The molecule has 1 aliphatic heterocycles. The van der Waals surface area contributed by atoms with Gasteiger partial charge in [0, 0.05) is 19.1 Å². The van der Waals surface area contributed by atoms with E-state index in [0.29, 0.717) is 0 Å². The van der Waals surface area contributed by atoms with Crippen molar-refractivity contribution in [2.45, 2.75) is 49.3 Å². The van der Waals surface area contributed by atoms with Gasteiger partial charge in [-0.3, -0.25) is 4.79 Å². The maximum atomic E-state index is 13.4. The van der Waals surface area contributed by atoms with Crippen LogP contribution in [0.5, 0.6) is 0 Å². The van der Waals surface area contributed by atoms with Gasteiger partial charge in [-0.2, -0.15) is 26.3 Å². The summed E-state index contributed by atoms with van der Waals surface area (Å²) in [5.74, 6) is -5.86. The van der Waals surface area contributed by atoms with E-state index in [2.05, 4.69) is 5.32 Å². The van der Waals surface area contributed by atoms with Crippen molar-refractivity contribution in [2.24, 2.45) is 11.8 Å². The van der Waals surface area contributed by atoms with E-state index in [1.165, 1.54) is 7.11 Å². The van der Waals surface area contributed by atoms with Gasteiger partial charge in [0.15, 0.2) is 0 Å². The van der Waals surface area contributed by atoms with Gasteiger partial charge in [0.05, 0.1) is 12.0 Å². The topological polar surface area (TPSA) is 38.3 Å². The number of nitrogens with one attached hydrogen (secondary N) is 1. The zero-order valence-corrected chi connectivity index (χ0v) is 14.3. The molecule has 0 aromatic heterocycles. The standard InChI is InChI=1S/C18H19F6NO2/c1-27-13-8-11-12(7-10(13)9-5-3-2-4-6-9)25-15(17(19,20)21)14(11)16(26)18(22,23)24/h2-6,10-15,25H,7-8H2,1H3. The molecule has 1 saturated heterocycles. The average Bonchev–Trinajstić information content (AvgIpc) is 2.98. The van der Waals surface area contributed by atoms with Crippen molar-refractivity contribution >= 4 is 5.78 Å². The summed E-state index contributed by atoms with van der Waals surface area (Å²) in [5, 5.41) is 2.28. The molecule has 1 heterocycles. The maximum absolute atomic E-state index is 13.4. The Kier molecular flexibility index (Phi) is 5.28. The largest absolute Gasteiger partial charge is 0.450 e. The SMILES string of the molecule is COC1CC2C(CC1c1ccccc1)NC(C(F)(F)F)C2C(=O)C(F)(F)F. The molecule has 150 valence electrons. The third-order valence-electron chi connectivity index (χ3n) is 5.66. The molecule has 27 heavy (non-hydrogen) atoms. The molecule has 6 atom stereocenters. The van der Waals surface area contributed by atoms with Crippen molar-refractivity contribution in [1.29, 1.82) is 0 Å². The summed E-state index contributed by atoms with van der Waals surface area (Å²) in [4.78, 5) is 11.8. The van der Waals surface area contributed by atoms with Gasteiger partial charge in [-0.15, -0.1) is 0 Å². The first-order chi connectivity index (χ1) is 12.5. The first-order valence-corrected chi connectivity index (χ1v) is 8.55. The first kappa shape index (κ1) is 20.1. The number of Topliss-reactive ketones (excluding diaryl/α,β-unsaturated/α-hetero) is 1. The number of halogens is 6. The molecule has 1 aliphatic carbocycles. The molecule has 3 nitrogen and oxygen atoms in total. The number of fused-ring (bicyclic) bond motifs is 1. The lowest BCUT2D eigenvalue weighted by Gasteiger charge is -2.39. The summed E-state index contributed by atoms with van der Waals surface area (Å²) in [6.45, 7) is 0. The summed E-state index contributed by atoms with van der Waals surface area (Å²) < 4.78 is 84.5. The summed E-state index contributed by atoms with van der Waals surface area (Å²) in [6, 6.07) is 5.63. The number of ketones is 1. The highest BCUT2D eigenvalue weighted by Gasteiger charge is 2.63. The molecule has 0 bridgehead atoms. The van der Waals surface area contributed by atoms with Crippen molar-refractivity contribution in [2.75, 3.05) is 7.11 Å². The Morgan fingerprint density at radius 3 is 2.22 bits per heavy atom. The van der Waals surface area contributed by atoms with Crippen LogP contribution in [0.3, 0.4) is 0 Å². The molecular formula is C18H19F6NO2. The van der Waals surface area contributed by atoms with Crippen molar-refractivity contribution < 1.29 is 35.9 Å². The van der Waals surface area contributed by atoms with Crippen LogP contribution in [-0.2, 0) is 9.53 Å². The van der Waals surface area contributed by atoms with Crippen molar-refractivity contribution in [3.05, 3.63) is 35.9 Å². The number of alkyl halides is 6. The lowest BCUT2D eigenvalue weighted by atomic mass is 9.69. The Morgan fingerprint density at radius 2 is 1.70 bits per heavy atom. The van der Waals surface area contributed by atoms with E-state index in [9.17, 15) is 31.1 Å². The summed E-state index contributed by atoms with van der Waals surface area (Å²) in [6.07, 6.45) is -10.7. The third kappa shape index (κ3) is 3.85. The quantitative estimate of drug-likeness (QED) is 0.791. The van der Waals surface area contributed by atoms with E-state index in [1.807, 2.05) is 12.1 Å². The number of benzene rings is 1. The minimum atomic E-state index is -5.32. The molecule has 2 aliphatic rings. The highest BCUT2D eigenvalue weighted by molar-refractivity contribution is 5.87. The molecule has 1 N–H and O–H groups in total. The van der Waals surface area contributed by atoms with Crippen LogP contribution < -0.4 is 5.32 Å². The predicted molar refractivity (Wildman–Crippen MR) is 84.0 cm³/mol. The number of carbonyl (C=O) groups excluding carboxylic acids is 1. The summed E-state index contributed by atoms with van der Waals surface area (Å²) >= 11 is 0. The lowest BCUT2D eigenvalue weighted by molar-refractivity contribution is -0.192. The highest BCUT2D eigenvalue weighted by Crippen LogP contribution is 2.49. The lowest BCUT2D eigenvalue weighted by Crippen LogP contribution is -2.48. The molecule has 1 aromatic rings. The molecule has 1 aromatic carbocycles. The van der Waals surface area contributed by atoms with Gasteiger partial charge in [-0.1, -0.05) is 30.3 Å². The highest BCUT2D eigenvalue weighted by atomic mass is 19.4. The zero-order chi connectivity index (χ0) is 20.0. The van der Waals surface area contributed by atoms with E-state index >= 15 is 0 Å². The van der Waals surface area contributed by atoms with Gasteiger partial charge in [-0.05, 0) is 24.3 Å². The summed E-state index contributed by atoms with van der Waals surface area (Å²) in [5.41, 5.74) is 0.846. The van der Waals surface area contributed by atoms with E-state index < -0.39 is 48.2 Å². The molecule has 3 rings (SSSR count). The Balaban J connectivity index is 1.93. The van der Waals surface area contributed by atoms with E-state index in [-0.39, 0.29) is 18.8 Å². The van der Waals surface area contributed by atoms with Gasteiger partial charge in [0.25, 0.3) is 0 Å². The fraction of sp³-hybridized carbons (Fsp3) is 0.611. The number of hydrogen-bond donors (Lipinski definition) is 1. The Hall–Kier alpha value is -1.61. The number of ether oxygens (including phenoxy) is 1. The monoisotopic (exact) mass is 395 g/mol. The molecule has 1 saturated carbocycles. The van der Waals surface area contributed by atoms with E-state index in [0.717, 1.165) is 5.56 Å². The van der Waals surface area contributed by atoms with Gasteiger partial charge < -0.3 is 10.1 Å². The maximum Gasteiger partial charge on any atom is 0.450 e. The number of rotatable bonds is 3. The van der Waals surface area contributed by atoms with Crippen molar-refractivity contribution in [3.63, 3.8) is 0 Å². The Labute approximate surface area is 152 Å². The Bertz CT molecular complexity index is 675. The van der Waals surface area contributed by atoms with E-state index in [4.69, 9.17) is 4.74 Å². The van der Waals surface area contributed by atoms with Crippen LogP contribution in [0.15, 0.2) is 30.3 Å². The van der Waals surface area contributed by atoms with E-state index in [1.54, 1.807) is 18.2 Å². The predicted octanol–water partition coefficient (Wildman–Crippen LogP) is 3.85. The fourth-order valence-electron chi connectivity index (χ4n) is 4.51. The van der Waals surface area contributed by atoms with Crippen LogP contribution in [0.1, 0.15) is 24.3 Å². The van der Waals surface area contributed by atoms with Gasteiger partial charge in [0.2, 0.25) is 5.78 Å². The molecular weight excluding hydrogens is 376 g/mol. The molecule has 0 amide bonds. The molecule has 0 spiro atoms. The van der Waals surface area contributed by atoms with Gasteiger partial charge in [-0.25, -0.2) is 0 Å². The molecule has 9 heteroatoms. The molecule has 0 radical (unpaired) electrons. The minimum Gasteiger partial charge on any atom is -0.381 e. The van der Waals surface area contributed by atoms with Crippen LogP contribution in [0, 0.1) is 11.8 Å². The number of hydrogen-bond acceptors (Lipinski definition) is 3. The molecule has 6 unspecified atom stereocenters.